The first-order valence-corrected chi connectivity index (χ1v) is 15.0. The van der Waals surface area contributed by atoms with Gasteiger partial charge in [0, 0.05) is 30.3 Å². The van der Waals surface area contributed by atoms with Crippen molar-refractivity contribution in [3.8, 4) is 5.82 Å². The molecule has 0 unspecified atom stereocenters. The zero-order valence-electron chi connectivity index (χ0n) is 26.5. The molecule has 0 aliphatic carbocycles. The Bertz CT molecular complexity index is 2030. The third kappa shape index (κ3) is 7.86. The van der Waals surface area contributed by atoms with Crippen LogP contribution in [0.15, 0.2) is 42.6 Å². The number of halogens is 12. The Morgan fingerprint density at radius 1 is 0.885 bits per heavy atom. The van der Waals surface area contributed by atoms with E-state index < -0.39 is 94.9 Å². The summed E-state index contributed by atoms with van der Waals surface area (Å²) >= 11 is 12.4. The molecule has 0 spiro atoms. The Morgan fingerprint density at radius 2 is 1.52 bits per heavy atom. The van der Waals surface area contributed by atoms with Gasteiger partial charge in [0.2, 0.25) is 0 Å². The van der Waals surface area contributed by atoms with Crippen molar-refractivity contribution in [2.75, 3.05) is 20.7 Å². The summed E-state index contributed by atoms with van der Waals surface area (Å²) in [4.78, 5) is 43.9. The Balaban J connectivity index is 1.85. The predicted molar refractivity (Wildman–Crippen MR) is 161 cm³/mol. The fourth-order valence-electron chi connectivity index (χ4n) is 4.82. The normalized spacial score (nSPS) is 12.6. The molecule has 1 amide bonds. The first-order valence-electron chi connectivity index (χ1n) is 14.2. The molecule has 0 bridgehead atoms. The van der Waals surface area contributed by atoms with Gasteiger partial charge in [0.05, 0.1) is 30.9 Å². The number of carbonyl (C=O) groups is 3. The first kappa shape index (κ1) is 40.1. The summed E-state index contributed by atoms with van der Waals surface area (Å²) in [6.07, 6.45) is -13.2. The highest BCUT2D eigenvalue weighted by Crippen LogP contribution is 2.48. The lowest BCUT2D eigenvalue weighted by atomic mass is 9.93. The van der Waals surface area contributed by atoms with Gasteiger partial charge in [-0.05, 0) is 54.4 Å². The Kier molecular flexibility index (Phi) is 11.1. The topological polar surface area (TPSA) is 112 Å². The van der Waals surface area contributed by atoms with Crippen molar-refractivity contribution in [1.29, 1.82) is 0 Å². The molecular weight excluding hydrogens is 769 g/mol. The molecule has 0 saturated carbocycles. The maximum Gasteiger partial charge on any atom is 0.459 e. The van der Waals surface area contributed by atoms with Crippen LogP contribution in [0.3, 0.4) is 0 Å². The number of aromatic nitrogens is 5. The first-order chi connectivity index (χ1) is 23.9. The van der Waals surface area contributed by atoms with Gasteiger partial charge in [-0.1, -0.05) is 23.2 Å². The van der Waals surface area contributed by atoms with E-state index in [0.29, 0.717) is 5.56 Å². The van der Waals surface area contributed by atoms with Gasteiger partial charge < -0.3 is 9.64 Å². The molecule has 0 saturated heterocycles. The minimum Gasteiger partial charge on any atom is -0.453 e. The Hall–Kier alpha value is -4.72. The van der Waals surface area contributed by atoms with Gasteiger partial charge in [-0.3, -0.25) is 14.3 Å². The maximum absolute atomic E-state index is 14.5. The number of ether oxygens (including phenoxy) is 1. The van der Waals surface area contributed by atoms with E-state index in [9.17, 15) is 58.3 Å². The van der Waals surface area contributed by atoms with E-state index in [1.807, 2.05) is 0 Å². The van der Waals surface area contributed by atoms with Crippen LogP contribution < -0.4 is 0 Å². The number of aryl methyl sites for hydroxylation is 1. The molecule has 10 nitrogen and oxygen atoms in total. The van der Waals surface area contributed by atoms with E-state index in [0.717, 1.165) is 22.8 Å². The van der Waals surface area contributed by atoms with Crippen LogP contribution in [0.5, 0.6) is 0 Å². The molecule has 52 heavy (non-hydrogen) atoms. The molecule has 4 rings (SSSR count). The van der Waals surface area contributed by atoms with Gasteiger partial charge >= 0.3 is 30.3 Å². The molecule has 0 aliphatic rings. The summed E-state index contributed by atoms with van der Waals surface area (Å²) in [5.74, 6) is -13.8. The van der Waals surface area contributed by atoms with Gasteiger partial charge in [-0.15, -0.1) is 0 Å². The number of Topliss-reactive ketones (excluding diaryl/α,β-unsaturated/α-hetero) is 2. The summed E-state index contributed by atoms with van der Waals surface area (Å²) in [6.45, 7) is -0.429. The SMILES string of the molecule is COC(=O)N(C)CC(=O)c1cc(Cl)cc(C)c1CC(=O)c1cc(Cn2nc(C(F)(F)C(F)(F)F)cc2C(F)(F)C(F)(F)F)nn1-c1ncccc1Cl. The molecule has 1 aromatic carbocycles. The highest BCUT2D eigenvalue weighted by molar-refractivity contribution is 6.32. The van der Waals surface area contributed by atoms with Crippen LogP contribution in [-0.4, -0.2) is 80.2 Å². The van der Waals surface area contributed by atoms with Crippen molar-refractivity contribution in [3.05, 3.63) is 92.1 Å². The third-order valence-electron chi connectivity index (χ3n) is 7.38. The molecule has 0 aliphatic heterocycles. The molecule has 3 aromatic heterocycles. The van der Waals surface area contributed by atoms with E-state index in [1.165, 1.54) is 44.4 Å². The van der Waals surface area contributed by atoms with Crippen LogP contribution in [0, 0.1) is 6.92 Å². The third-order valence-corrected chi connectivity index (χ3v) is 7.89. The van der Waals surface area contributed by atoms with E-state index in [4.69, 9.17) is 23.2 Å². The largest absolute Gasteiger partial charge is 0.459 e. The number of hydrogen-bond donors (Lipinski definition) is 0. The number of pyridine rings is 1. The summed E-state index contributed by atoms with van der Waals surface area (Å²) in [5.41, 5.74) is -5.70. The second kappa shape index (κ2) is 14.4. The van der Waals surface area contributed by atoms with Gasteiger partial charge in [-0.25, -0.2) is 14.5 Å². The number of rotatable bonds is 11. The molecule has 0 radical (unpaired) electrons. The fraction of sp³-hybridized carbons (Fsp3) is 0.333. The highest BCUT2D eigenvalue weighted by atomic mass is 35.5. The second-order valence-corrected chi connectivity index (χ2v) is 11.9. The van der Waals surface area contributed by atoms with E-state index in [2.05, 4.69) is 19.9 Å². The molecule has 0 N–H and O–H groups in total. The number of likely N-dealkylation sites (N-methyl/N-ethyl adjacent to an activating group) is 1. The standard InChI is InChI=1S/C30H22Cl2F10N6O4/c1-14-7-15(31)8-18(22(50)13-46(2)26(51)52-3)17(14)10-21(49)20-9-16(44-48(20)25-19(32)5-4-6-43-25)12-47-24(28(35,36)30(40,41)42)11-23(45-47)27(33,34)29(37,38)39/h4-9,11H,10,12-13H2,1-3H3. The molecular formula is C30H22Cl2F10N6O4. The molecule has 0 fully saturated rings. The maximum atomic E-state index is 14.5. The minimum absolute atomic E-state index is 0.0755. The predicted octanol–water partition coefficient (Wildman–Crippen LogP) is 7.74. The monoisotopic (exact) mass is 790 g/mol. The van der Waals surface area contributed by atoms with Crippen molar-refractivity contribution in [2.24, 2.45) is 0 Å². The number of hydrogen-bond acceptors (Lipinski definition) is 7. The number of alkyl halides is 10. The average molecular weight is 791 g/mol. The van der Waals surface area contributed by atoms with Gasteiger partial charge in [0.25, 0.3) is 0 Å². The van der Waals surface area contributed by atoms with Crippen LogP contribution >= 0.6 is 23.2 Å². The van der Waals surface area contributed by atoms with Crippen LogP contribution in [0.4, 0.5) is 48.7 Å². The van der Waals surface area contributed by atoms with Crippen molar-refractivity contribution < 1.29 is 63.0 Å². The summed E-state index contributed by atoms with van der Waals surface area (Å²) in [5, 5.41) is 6.64. The van der Waals surface area contributed by atoms with Crippen LogP contribution in [-0.2, 0) is 29.5 Å². The Labute approximate surface area is 295 Å². The number of amides is 1. The van der Waals surface area contributed by atoms with Gasteiger partial charge in [0.15, 0.2) is 17.4 Å². The number of ketones is 2. The smallest absolute Gasteiger partial charge is 0.453 e. The number of methoxy groups -OCH3 is 1. The molecule has 3 heterocycles. The average Bonchev–Trinajstić information content (AvgIpc) is 3.66. The van der Waals surface area contributed by atoms with E-state index >= 15 is 0 Å². The van der Waals surface area contributed by atoms with Gasteiger partial charge in [0.1, 0.15) is 17.1 Å². The number of carbonyl (C=O) groups excluding carboxylic acids is 3. The lowest BCUT2D eigenvalue weighted by Crippen LogP contribution is -2.36. The fourth-order valence-corrected chi connectivity index (χ4v) is 5.29. The van der Waals surface area contributed by atoms with E-state index in [1.54, 1.807) is 0 Å². The van der Waals surface area contributed by atoms with Crippen LogP contribution in [0.2, 0.25) is 10.0 Å². The molecule has 280 valence electrons. The molecule has 0 atom stereocenters. The summed E-state index contributed by atoms with van der Waals surface area (Å²) in [6, 6.07) is 5.34. The van der Waals surface area contributed by atoms with Crippen molar-refractivity contribution in [2.45, 2.75) is 44.1 Å². The molecule has 22 heteroatoms. The lowest BCUT2D eigenvalue weighted by Gasteiger charge is -2.20. The van der Waals surface area contributed by atoms with Crippen molar-refractivity contribution in [3.63, 3.8) is 0 Å². The lowest BCUT2D eigenvalue weighted by molar-refractivity contribution is -0.292. The highest BCUT2D eigenvalue weighted by Gasteiger charge is 2.64. The zero-order chi connectivity index (χ0) is 39.1. The van der Waals surface area contributed by atoms with Crippen molar-refractivity contribution in [1.82, 2.24) is 29.4 Å². The number of benzene rings is 1. The van der Waals surface area contributed by atoms with Crippen LogP contribution in [0.25, 0.3) is 5.82 Å². The second-order valence-electron chi connectivity index (χ2n) is 11.1. The Morgan fingerprint density at radius 3 is 2.10 bits per heavy atom. The van der Waals surface area contributed by atoms with Crippen LogP contribution in [0.1, 0.15) is 49.1 Å². The zero-order valence-corrected chi connectivity index (χ0v) is 28.0. The van der Waals surface area contributed by atoms with Crippen molar-refractivity contribution >= 4 is 40.9 Å². The quantitative estimate of drug-likeness (QED) is 0.113. The number of nitrogens with zero attached hydrogens (tertiary/aromatic N) is 6. The minimum atomic E-state index is -6.46. The molecule has 4 aromatic rings. The van der Waals surface area contributed by atoms with E-state index in [-0.39, 0.29) is 27.0 Å². The summed E-state index contributed by atoms with van der Waals surface area (Å²) in [7, 11) is 2.33. The van der Waals surface area contributed by atoms with Gasteiger partial charge in [-0.2, -0.15) is 54.1 Å². The summed E-state index contributed by atoms with van der Waals surface area (Å²) < 4.78 is 141.